The van der Waals surface area contributed by atoms with Crippen LogP contribution in [0.2, 0.25) is 5.02 Å². The second kappa shape index (κ2) is 10.2. The number of ether oxygens (including phenoxy) is 1. The summed E-state index contributed by atoms with van der Waals surface area (Å²) in [6.45, 7) is 5.29. The molecule has 1 heterocycles. The molecule has 1 saturated heterocycles. The Labute approximate surface area is 171 Å². The van der Waals surface area contributed by atoms with E-state index in [0.29, 0.717) is 6.61 Å². The number of rotatable bonds is 7. The first-order valence-corrected chi connectivity index (χ1v) is 10.0. The van der Waals surface area contributed by atoms with Crippen LogP contribution in [0.25, 0.3) is 0 Å². The maximum absolute atomic E-state index is 12.4. The van der Waals surface area contributed by atoms with Crippen LogP contribution in [0.3, 0.4) is 0 Å². The fourth-order valence-electron chi connectivity index (χ4n) is 3.28. The van der Waals surface area contributed by atoms with E-state index >= 15 is 0 Å². The summed E-state index contributed by atoms with van der Waals surface area (Å²) in [6.07, 6.45) is 3.35. The number of carbonyl (C=O) groups excluding carboxylic acids is 1. The Kier molecular flexibility index (Phi) is 7.46. The van der Waals surface area contributed by atoms with Gasteiger partial charge in [0.1, 0.15) is 5.75 Å². The molecule has 28 heavy (non-hydrogen) atoms. The summed E-state index contributed by atoms with van der Waals surface area (Å²) < 4.78 is 5.41. The first kappa shape index (κ1) is 20.4. The van der Waals surface area contributed by atoms with Gasteiger partial charge in [-0.2, -0.15) is 5.10 Å². The quantitative estimate of drug-likeness (QED) is 0.563. The molecule has 0 atom stereocenters. The van der Waals surface area contributed by atoms with Crippen LogP contribution in [0.1, 0.15) is 30.9 Å². The second-order valence-electron chi connectivity index (χ2n) is 6.91. The van der Waals surface area contributed by atoms with Crippen molar-refractivity contribution in [3.05, 3.63) is 64.7 Å². The van der Waals surface area contributed by atoms with E-state index in [9.17, 15) is 4.79 Å². The summed E-state index contributed by atoms with van der Waals surface area (Å²) in [4.78, 5) is 14.7. The lowest BCUT2D eigenvalue weighted by molar-refractivity contribution is -0.126. The molecule has 3 rings (SSSR count). The van der Waals surface area contributed by atoms with Crippen molar-refractivity contribution in [2.75, 3.05) is 19.7 Å². The van der Waals surface area contributed by atoms with Gasteiger partial charge in [-0.15, -0.1) is 0 Å². The first-order chi connectivity index (χ1) is 13.6. The normalized spacial score (nSPS) is 15.6. The molecule has 0 unspecified atom stereocenters. The lowest BCUT2D eigenvalue weighted by Crippen LogP contribution is -2.39. The zero-order valence-corrected chi connectivity index (χ0v) is 16.9. The van der Waals surface area contributed by atoms with Gasteiger partial charge in [0, 0.05) is 17.5 Å². The zero-order chi connectivity index (χ0) is 19.8. The topological polar surface area (TPSA) is 53.9 Å². The van der Waals surface area contributed by atoms with Crippen LogP contribution in [-0.4, -0.2) is 36.7 Å². The molecule has 5 nitrogen and oxygen atoms in total. The standard InChI is InChI=1S/C22H26ClN3O2/c1-2-28-21-9-5-17(6-10-21)15-24-25-22(27)19-11-13-26(14-12-19)16-18-3-7-20(23)8-4-18/h3-10,15,19H,2,11-14,16H2,1H3,(H,25,27)/b24-15+. The molecule has 0 bridgehead atoms. The van der Waals surface area contributed by atoms with Crippen LogP contribution < -0.4 is 10.2 Å². The van der Waals surface area contributed by atoms with Crippen molar-refractivity contribution < 1.29 is 9.53 Å². The van der Waals surface area contributed by atoms with E-state index in [0.717, 1.165) is 48.8 Å². The van der Waals surface area contributed by atoms with Crippen LogP contribution in [0.4, 0.5) is 0 Å². The summed E-state index contributed by atoms with van der Waals surface area (Å²) in [6, 6.07) is 15.5. The highest BCUT2D eigenvalue weighted by molar-refractivity contribution is 6.30. The van der Waals surface area contributed by atoms with E-state index < -0.39 is 0 Å². The molecule has 1 aliphatic rings. The molecular formula is C22H26ClN3O2. The first-order valence-electron chi connectivity index (χ1n) is 9.66. The van der Waals surface area contributed by atoms with Crippen molar-refractivity contribution in [3.8, 4) is 5.75 Å². The number of benzene rings is 2. The molecule has 6 heteroatoms. The van der Waals surface area contributed by atoms with Gasteiger partial charge >= 0.3 is 0 Å². The molecule has 148 valence electrons. The van der Waals surface area contributed by atoms with Gasteiger partial charge in [0.15, 0.2) is 0 Å². The van der Waals surface area contributed by atoms with Gasteiger partial charge in [-0.3, -0.25) is 9.69 Å². The van der Waals surface area contributed by atoms with E-state index in [4.69, 9.17) is 16.3 Å². The summed E-state index contributed by atoms with van der Waals surface area (Å²) >= 11 is 5.93. The molecule has 1 aliphatic heterocycles. The van der Waals surface area contributed by atoms with Crippen molar-refractivity contribution >= 4 is 23.7 Å². The Balaban J connectivity index is 1.41. The van der Waals surface area contributed by atoms with E-state index in [2.05, 4.69) is 27.6 Å². The number of nitrogens with one attached hydrogen (secondary N) is 1. The van der Waals surface area contributed by atoms with Gasteiger partial charge < -0.3 is 4.74 Å². The Bertz CT molecular complexity index is 782. The minimum atomic E-state index is -0.00618. The van der Waals surface area contributed by atoms with E-state index in [-0.39, 0.29) is 11.8 Å². The lowest BCUT2D eigenvalue weighted by Gasteiger charge is -2.30. The summed E-state index contributed by atoms with van der Waals surface area (Å²) in [5.41, 5.74) is 4.84. The maximum Gasteiger partial charge on any atom is 0.243 e. The highest BCUT2D eigenvalue weighted by Gasteiger charge is 2.24. The number of carbonyl (C=O) groups is 1. The molecule has 0 radical (unpaired) electrons. The number of piperidine rings is 1. The predicted molar refractivity (Wildman–Crippen MR) is 113 cm³/mol. The average Bonchev–Trinajstić information content (AvgIpc) is 2.72. The van der Waals surface area contributed by atoms with Crippen molar-refractivity contribution in [1.82, 2.24) is 10.3 Å². The van der Waals surface area contributed by atoms with Gasteiger partial charge in [0.05, 0.1) is 12.8 Å². The number of nitrogens with zero attached hydrogens (tertiary/aromatic N) is 2. The van der Waals surface area contributed by atoms with Crippen LogP contribution in [0.15, 0.2) is 53.6 Å². The van der Waals surface area contributed by atoms with Gasteiger partial charge in [-0.05, 0) is 80.4 Å². The zero-order valence-electron chi connectivity index (χ0n) is 16.1. The minimum Gasteiger partial charge on any atom is -0.494 e. The summed E-state index contributed by atoms with van der Waals surface area (Å²) in [7, 11) is 0. The Morgan fingerprint density at radius 3 is 2.50 bits per heavy atom. The van der Waals surface area contributed by atoms with Crippen molar-refractivity contribution in [1.29, 1.82) is 0 Å². The number of likely N-dealkylation sites (tertiary alicyclic amines) is 1. The summed E-state index contributed by atoms with van der Waals surface area (Å²) in [5, 5.41) is 4.85. The maximum atomic E-state index is 12.4. The molecule has 0 saturated carbocycles. The van der Waals surface area contributed by atoms with Gasteiger partial charge in [0.2, 0.25) is 5.91 Å². The lowest BCUT2D eigenvalue weighted by atomic mass is 9.96. The third-order valence-electron chi connectivity index (χ3n) is 4.86. The number of hydrogen-bond donors (Lipinski definition) is 1. The highest BCUT2D eigenvalue weighted by atomic mass is 35.5. The SMILES string of the molecule is CCOc1ccc(/C=N/NC(=O)C2CCN(Cc3ccc(Cl)cc3)CC2)cc1. The largest absolute Gasteiger partial charge is 0.494 e. The number of hydrogen-bond acceptors (Lipinski definition) is 4. The number of halogens is 1. The molecule has 0 spiro atoms. The van der Waals surface area contributed by atoms with Crippen molar-refractivity contribution in [2.45, 2.75) is 26.3 Å². The molecule has 1 amide bonds. The molecule has 0 aromatic heterocycles. The third kappa shape index (κ3) is 6.08. The summed E-state index contributed by atoms with van der Waals surface area (Å²) in [5.74, 6) is 0.835. The van der Waals surface area contributed by atoms with Gasteiger partial charge in [-0.25, -0.2) is 5.43 Å². The fraction of sp³-hybridized carbons (Fsp3) is 0.364. The van der Waals surface area contributed by atoms with E-state index in [1.807, 2.05) is 43.3 Å². The van der Waals surface area contributed by atoms with Crippen molar-refractivity contribution in [3.63, 3.8) is 0 Å². The fourth-order valence-corrected chi connectivity index (χ4v) is 3.41. The molecule has 1 N–H and O–H groups in total. The van der Waals surface area contributed by atoms with Crippen molar-refractivity contribution in [2.24, 2.45) is 11.0 Å². The second-order valence-corrected chi connectivity index (χ2v) is 7.35. The number of hydrazone groups is 1. The Hall–Kier alpha value is -2.37. The van der Waals surface area contributed by atoms with Crippen LogP contribution in [-0.2, 0) is 11.3 Å². The van der Waals surface area contributed by atoms with Crippen LogP contribution in [0, 0.1) is 5.92 Å². The van der Waals surface area contributed by atoms with Crippen LogP contribution in [0.5, 0.6) is 5.75 Å². The van der Waals surface area contributed by atoms with Gasteiger partial charge in [0.25, 0.3) is 0 Å². The minimum absolute atomic E-state index is 0.00618. The smallest absolute Gasteiger partial charge is 0.243 e. The van der Waals surface area contributed by atoms with E-state index in [1.165, 1.54) is 5.56 Å². The highest BCUT2D eigenvalue weighted by Crippen LogP contribution is 2.20. The Morgan fingerprint density at radius 1 is 1.18 bits per heavy atom. The van der Waals surface area contributed by atoms with E-state index in [1.54, 1.807) is 6.21 Å². The predicted octanol–water partition coefficient (Wildman–Crippen LogP) is 4.10. The third-order valence-corrected chi connectivity index (χ3v) is 5.11. The monoisotopic (exact) mass is 399 g/mol. The molecular weight excluding hydrogens is 374 g/mol. The number of amides is 1. The molecule has 2 aromatic carbocycles. The molecule has 2 aromatic rings. The molecule has 1 fully saturated rings. The Morgan fingerprint density at radius 2 is 1.86 bits per heavy atom. The van der Waals surface area contributed by atoms with Gasteiger partial charge in [-0.1, -0.05) is 23.7 Å². The average molecular weight is 400 g/mol. The molecule has 0 aliphatic carbocycles. The van der Waals surface area contributed by atoms with Crippen LogP contribution >= 0.6 is 11.6 Å².